The average Bonchev–Trinajstić information content (AvgIpc) is 3.23. The lowest BCUT2D eigenvalue weighted by molar-refractivity contribution is -0.133. The minimum atomic E-state index is 0.00629. The topological polar surface area (TPSA) is 42.0 Å². The number of rotatable bonds is 7. The number of hydrogen-bond donors (Lipinski definition) is 0. The highest BCUT2D eigenvalue weighted by atomic mass is 35.5. The molecule has 0 saturated carbocycles. The van der Waals surface area contributed by atoms with Gasteiger partial charge in [-0.25, -0.2) is 0 Å². The summed E-state index contributed by atoms with van der Waals surface area (Å²) in [5.41, 5.74) is 2.14. The Hall–Kier alpha value is -2.24. The minimum absolute atomic E-state index is 0.00629. The molecule has 2 aromatic carbocycles. The molecule has 3 rings (SSSR count). The lowest BCUT2D eigenvalue weighted by Gasteiger charge is -2.30. The molecule has 1 saturated heterocycles. The van der Waals surface area contributed by atoms with E-state index in [0.717, 1.165) is 42.0 Å². The van der Waals surface area contributed by atoms with Gasteiger partial charge in [0.1, 0.15) is 11.5 Å². The van der Waals surface area contributed by atoms with Crippen molar-refractivity contribution in [1.82, 2.24) is 9.80 Å². The molecule has 1 fully saturated rings. The molecule has 2 unspecified atom stereocenters. The van der Waals surface area contributed by atoms with Crippen molar-refractivity contribution in [3.8, 4) is 11.5 Å². The summed E-state index contributed by atoms with van der Waals surface area (Å²) in [4.78, 5) is 17.2. The van der Waals surface area contributed by atoms with Crippen LogP contribution < -0.4 is 9.47 Å². The second kappa shape index (κ2) is 9.51. The number of methoxy groups -OCH3 is 2. The molecule has 29 heavy (non-hydrogen) atoms. The van der Waals surface area contributed by atoms with Gasteiger partial charge in [0.2, 0.25) is 5.91 Å². The fourth-order valence-electron chi connectivity index (χ4n) is 3.93. The van der Waals surface area contributed by atoms with Gasteiger partial charge in [-0.2, -0.15) is 0 Å². The SMILES string of the molecule is COc1ccc(OC)c(C2CCCN2C(=O)CN(C)C(C)c2ccc(Cl)cc2)c1. The summed E-state index contributed by atoms with van der Waals surface area (Å²) >= 11 is 5.99. The molecule has 0 aromatic heterocycles. The molecule has 1 aliphatic rings. The summed E-state index contributed by atoms with van der Waals surface area (Å²) in [6.07, 6.45) is 1.90. The maximum Gasteiger partial charge on any atom is 0.237 e. The number of likely N-dealkylation sites (tertiary alicyclic amines) is 1. The van der Waals surface area contributed by atoms with E-state index in [1.165, 1.54) is 0 Å². The molecular weight excluding hydrogens is 388 g/mol. The van der Waals surface area contributed by atoms with Crippen molar-refractivity contribution in [1.29, 1.82) is 0 Å². The van der Waals surface area contributed by atoms with Gasteiger partial charge < -0.3 is 14.4 Å². The molecule has 6 heteroatoms. The predicted molar refractivity (Wildman–Crippen MR) is 116 cm³/mol. The molecule has 156 valence electrons. The van der Waals surface area contributed by atoms with Crippen molar-refractivity contribution in [3.05, 3.63) is 58.6 Å². The van der Waals surface area contributed by atoms with Crippen LogP contribution in [0.15, 0.2) is 42.5 Å². The molecule has 2 atom stereocenters. The number of halogens is 1. The summed E-state index contributed by atoms with van der Waals surface area (Å²) in [5, 5.41) is 0.715. The standard InChI is InChI=1S/C23H29ClN2O3/c1-16(17-7-9-18(24)10-8-17)25(2)15-23(27)26-13-5-6-21(26)20-14-19(28-3)11-12-22(20)29-4/h7-12,14,16,21H,5-6,13,15H2,1-4H3. The Labute approximate surface area is 178 Å². The van der Waals surface area contributed by atoms with Crippen molar-refractivity contribution in [3.63, 3.8) is 0 Å². The number of likely N-dealkylation sites (N-methyl/N-ethyl adjacent to an activating group) is 1. The lowest BCUT2D eigenvalue weighted by Crippen LogP contribution is -2.39. The van der Waals surface area contributed by atoms with E-state index in [2.05, 4.69) is 11.8 Å². The normalized spacial score (nSPS) is 17.4. The Morgan fingerprint density at radius 2 is 1.93 bits per heavy atom. The lowest BCUT2D eigenvalue weighted by atomic mass is 10.0. The van der Waals surface area contributed by atoms with Crippen LogP contribution in [-0.2, 0) is 4.79 Å². The highest BCUT2D eigenvalue weighted by Gasteiger charge is 2.33. The Balaban J connectivity index is 1.74. The fourth-order valence-corrected chi connectivity index (χ4v) is 4.05. The van der Waals surface area contributed by atoms with Crippen molar-refractivity contribution in [2.75, 3.05) is 34.4 Å². The maximum atomic E-state index is 13.2. The Morgan fingerprint density at radius 1 is 1.21 bits per heavy atom. The van der Waals surface area contributed by atoms with Crippen molar-refractivity contribution in [2.24, 2.45) is 0 Å². The molecule has 0 N–H and O–H groups in total. The Morgan fingerprint density at radius 3 is 2.59 bits per heavy atom. The van der Waals surface area contributed by atoms with Crippen LogP contribution >= 0.6 is 11.6 Å². The minimum Gasteiger partial charge on any atom is -0.497 e. The summed E-state index contributed by atoms with van der Waals surface area (Å²) in [5.74, 6) is 1.69. The molecule has 1 aliphatic heterocycles. The van der Waals surface area contributed by atoms with Gasteiger partial charge in [0, 0.05) is 23.2 Å². The first-order valence-electron chi connectivity index (χ1n) is 9.91. The van der Waals surface area contributed by atoms with Gasteiger partial charge in [-0.1, -0.05) is 23.7 Å². The summed E-state index contributed by atoms with van der Waals surface area (Å²) in [6.45, 7) is 3.21. The summed E-state index contributed by atoms with van der Waals surface area (Å²) in [7, 11) is 5.29. The van der Waals surface area contributed by atoms with E-state index < -0.39 is 0 Å². The summed E-state index contributed by atoms with van der Waals surface area (Å²) in [6, 6.07) is 13.7. The third-order valence-electron chi connectivity index (χ3n) is 5.77. The second-order valence-corrected chi connectivity index (χ2v) is 7.93. The van der Waals surface area contributed by atoms with E-state index in [1.807, 2.05) is 54.4 Å². The van der Waals surface area contributed by atoms with Gasteiger partial charge in [-0.15, -0.1) is 0 Å². The van der Waals surface area contributed by atoms with E-state index in [1.54, 1.807) is 14.2 Å². The van der Waals surface area contributed by atoms with Crippen LogP contribution in [0.5, 0.6) is 11.5 Å². The van der Waals surface area contributed by atoms with Gasteiger partial charge in [0.25, 0.3) is 0 Å². The molecule has 0 bridgehead atoms. The van der Waals surface area contributed by atoms with Crippen LogP contribution in [0, 0.1) is 0 Å². The molecule has 1 amide bonds. The highest BCUT2D eigenvalue weighted by Crippen LogP contribution is 2.39. The molecular formula is C23H29ClN2O3. The molecule has 5 nitrogen and oxygen atoms in total. The van der Waals surface area contributed by atoms with Crippen LogP contribution in [0.1, 0.15) is 43.0 Å². The van der Waals surface area contributed by atoms with Crippen LogP contribution in [0.4, 0.5) is 0 Å². The fraction of sp³-hybridized carbons (Fsp3) is 0.435. The number of ether oxygens (including phenoxy) is 2. The van der Waals surface area contributed by atoms with Crippen LogP contribution in [0.3, 0.4) is 0 Å². The average molecular weight is 417 g/mol. The quantitative estimate of drug-likeness (QED) is 0.655. The van der Waals surface area contributed by atoms with E-state index in [0.29, 0.717) is 11.6 Å². The molecule has 0 aliphatic carbocycles. The number of nitrogens with zero attached hydrogens (tertiary/aromatic N) is 2. The first kappa shape index (κ1) is 21.5. The number of hydrogen-bond acceptors (Lipinski definition) is 4. The van der Waals surface area contributed by atoms with Gasteiger partial charge in [0.05, 0.1) is 26.8 Å². The van der Waals surface area contributed by atoms with E-state index in [4.69, 9.17) is 21.1 Å². The smallest absolute Gasteiger partial charge is 0.237 e. The molecule has 1 heterocycles. The van der Waals surface area contributed by atoms with Crippen molar-refractivity contribution in [2.45, 2.75) is 31.8 Å². The van der Waals surface area contributed by atoms with E-state index in [9.17, 15) is 4.79 Å². The second-order valence-electron chi connectivity index (χ2n) is 7.50. The number of benzene rings is 2. The third-order valence-corrected chi connectivity index (χ3v) is 6.02. The largest absolute Gasteiger partial charge is 0.497 e. The van der Waals surface area contributed by atoms with E-state index >= 15 is 0 Å². The monoisotopic (exact) mass is 416 g/mol. The zero-order chi connectivity index (χ0) is 21.0. The van der Waals surface area contributed by atoms with Crippen LogP contribution in [0.2, 0.25) is 5.02 Å². The van der Waals surface area contributed by atoms with Crippen LogP contribution in [0.25, 0.3) is 0 Å². The van der Waals surface area contributed by atoms with Gasteiger partial charge >= 0.3 is 0 Å². The van der Waals surface area contributed by atoms with E-state index in [-0.39, 0.29) is 18.0 Å². The first-order valence-corrected chi connectivity index (χ1v) is 10.3. The third kappa shape index (κ3) is 4.85. The van der Waals surface area contributed by atoms with Crippen LogP contribution in [-0.4, -0.2) is 50.1 Å². The number of carbonyl (C=O) groups is 1. The zero-order valence-corrected chi connectivity index (χ0v) is 18.3. The van der Waals surface area contributed by atoms with Gasteiger partial charge in [-0.05, 0) is 62.7 Å². The molecule has 0 radical (unpaired) electrons. The predicted octanol–water partition coefficient (Wildman–Crippen LogP) is 4.71. The highest BCUT2D eigenvalue weighted by molar-refractivity contribution is 6.30. The first-order chi connectivity index (χ1) is 13.9. The zero-order valence-electron chi connectivity index (χ0n) is 17.5. The summed E-state index contributed by atoms with van der Waals surface area (Å²) < 4.78 is 10.9. The van der Waals surface area contributed by atoms with Crippen molar-refractivity contribution >= 4 is 17.5 Å². The Bertz CT molecular complexity index is 841. The maximum absolute atomic E-state index is 13.2. The molecule has 0 spiro atoms. The van der Waals surface area contributed by atoms with Crippen molar-refractivity contribution < 1.29 is 14.3 Å². The number of carbonyl (C=O) groups excluding carboxylic acids is 1. The van der Waals surface area contributed by atoms with Gasteiger partial charge in [-0.3, -0.25) is 9.69 Å². The molecule has 2 aromatic rings. The number of amides is 1. The Kier molecular flexibility index (Phi) is 7.04. The van der Waals surface area contributed by atoms with Gasteiger partial charge in [0.15, 0.2) is 0 Å².